The second-order valence-electron chi connectivity index (χ2n) is 16.1. The van der Waals surface area contributed by atoms with Crippen LogP contribution in [0.2, 0.25) is 0 Å². The van der Waals surface area contributed by atoms with Gasteiger partial charge in [-0.2, -0.15) is 4.58 Å². The van der Waals surface area contributed by atoms with Crippen molar-refractivity contribution in [1.82, 2.24) is 4.90 Å². The molecule has 0 unspecified atom stereocenters. The first-order valence-corrected chi connectivity index (χ1v) is 17.8. The minimum absolute atomic E-state index is 0.196. The summed E-state index contributed by atoms with van der Waals surface area (Å²) >= 11 is 0. The van der Waals surface area contributed by atoms with Crippen molar-refractivity contribution in [2.24, 2.45) is 0 Å². The van der Waals surface area contributed by atoms with Crippen LogP contribution in [0, 0.1) is 0 Å². The van der Waals surface area contributed by atoms with Gasteiger partial charge in [-0.3, -0.25) is 4.90 Å². The molecule has 3 aliphatic rings. The molecule has 1 amide bonds. The van der Waals surface area contributed by atoms with Crippen LogP contribution in [0.5, 0.6) is 0 Å². The molecule has 0 aromatic heterocycles. The van der Waals surface area contributed by atoms with E-state index in [1.165, 1.54) is 55.5 Å². The SMILES string of the molecule is CN(C(=O)OC(C)(C)C)C1=C(/C=C/C2=[N+](C)c3ccc4ccccc4c3C2(C)C)CC/C1=C\C=C1\N(C)c2ccc3ccccc3c2C1(C)C. The van der Waals surface area contributed by atoms with Gasteiger partial charge in [0.05, 0.1) is 11.1 Å². The van der Waals surface area contributed by atoms with Crippen molar-refractivity contribution in [2.45, 2.75) is 77.7 Å². The Morgan fingerprint density at radius 2 is 1.44 bits per heavy atom. The minimum atomic E-state index is -0.599. The first kappa shape index (κ1) is 33.6. The number of fused-ring (bicyclic) bond motifs is 6. The lowest BCUT2D eigenvalue weighted by Gasteiger charge is -2.27. The summed E-state index contributed by atoms with van der Waals surface area (Å²) in [5, 5.41) is 5.11. The molecule has 0 saturated carbocycles. The lowest BCUT2D eigenvalue weighted by molar-refractivity contribution is -0.401. The maximum Gasteiger partial charge on any atom is 0.414 e. The number of hydrogen-bond donors (Lipinski definition) is 0. The number of amides is 1. The zero-order valence-electron chi connectivity index (χ0n) is 31.3. The van der Waals surface area contributed by atoms with E-state index in [-0.39, 0.29) is 16.9 Å². The van der Waals surface area contributed by atoms with Gasteiger partial charge in [-0.15, -0.1) is 0 Å². The van der Waals surface area contributed by atoms with Gasteiger partial charge in [-0.05, 0) is 104 Å². The number of likely N-dealkylation sites (N-methyl/N-ethyl adjacent to an activating group) is 2. The van der Waals surface area contributed by atoms with E-state index < -0.39 is 5.60 Å². The summed E-state index contributed by atoms with van der Waals surface area (Å²) in [4.78, 5) is 17.6. The van der Waals surface area contributed by atoms with E-state index in [0.717, 1.165) is 29.7 Å². The van der Waals surface area contributed by atoms with Gasteiger partial charge in [0.15, 0.2) is 5.71 Å². The Morgan fingerprint density at radius 3 is 2.10 bits per heavy atom. The number of rotatable bonds is 4. The summed E-state index contributed by atoms with van der Waals surface area (Å²) < 4.78 is 8.22. The average Bonchev–Trinajstić information content (AvgIpc) is 3.62. The summed E-state index contributed by atoms with van der Waals surface area (Å²) in [5.74, 6) is 0. The van der Waals surface area contributed by atoms with Crippen molar-refractivity contribution in [1.29, 1.82) is 0 Å². The molecule has 7 rings (SSSR count). The molecular formula is C45H50N3O2+. The molecule has 1 aliphatic carbocycles. The Bertz CT molecular complexity index is 2240. The van der Waals surface area contributed by atoms with Crippen molar-refractivity contribution in [3.8, 4) is 0 Å². The highest BCUT2D eigenvalue weighted by atomic mass is 16.6. The standard InChI is InChI=1S/C45H50N3O2/c1-43(2,3)50-42(49)48(10)41-31(23-27-37-44(4,5)39-33-17-13-11-15-29(33)21-25-35(39)46(37)8)19-20-32(41)24-28-38-45(6,7)40-34-18-14-12-16-30(34)22-26-36(40)47(38)9/h11-18,21-28H,19-20H2,1-10H3/q+1. The van der Waals surface area contributed by atoms with Crippen LogP contribution in [0.3, 0.4) is 0 Å². The Balaban J connectivity index is 1.30. The van der Waals surface area contributed by atoms with Gasteiger partial charge in [0, 0.05) is 48.6 Å². The molecule has 256 valence electrons. The molecule has 4 aromatic rings. The molecule has 4 aromatic carbocycles. The van der Waals surface area contributed by atoms with Crippen molar-refractivity contribution < 1.29 is 14.1 Å². The average molecular weight is 665 g/mol. The van der Waals surface area contributed by atoms with Gasteiger partial charge >= 0.3 is 6.09 Å². The Hall–Kier alpha value is -4.90. The molecule has 50 heavy (non-hydrogen) atoms. The number of hydrogen-bond acceptors (Lipinski definition) is 3. The molecule has 0 fully saturated rings. The normalized spacial score (nSPS) is 19.8. The smallest absolute Gasteiger partial charge is 0.414 e. The Kier molecular flexibility index (Phi) is 7.97. The molecule has 0 spiro atoms. The largest absolute Gasteiger partial charge is 0.443 e. The second-order valence-corrected chi connectivity index (χ2v) is 16.1. The third-order valence-corrected chi connectivity index (χ3v) is 10.9. The van der Waals surface area contributed by atoms with Crippen molar-refractivity contribution in [3.63, 3.8) is 0 Å². The number of carbonyl (C=O) groups excluding carboxylic acids is 1. The van der Waals surface area contributed by atoms with Crippen LogP contribution in [-0.2, 0) is 15.6 Å². The van der Waals surface area contributed by atoms with Crippen molar-refractivity contribution in [3.05, 3.63) is 131 Å². The van der Waals surface area contributed by atoms with Gasteiger partial charge in [-0.1, -0.05) is 80.6 Å². The van der Waals surface area contributed by atoms with Crippen LogP contribution in [0.25, 0.3) is 21.5 Å². The van der Waals surface area contributed by atoms with E-state index in [4.69, 9.17) is 4.74 Å². The Morgan fingerprint density at radius 1 is 0.820 bits per heavy atom. The van der Waals surface area contributed by atoms with Gasteiger partial charge in [0.2, 0.25) is 5.69 Å². The summed E-state index contributed by atoms with van der Waals surface area (Å²) in [6, 6.07) is 26.2. The first-order valence-electron chi connectivity index (χ1n) is 17.8. The zero-order valence-corrected chi connectivity index (χ0v) is 31.3. The monoisotopic (exact) mass is 664 g/mol. The molecule has 2 heterocycles. The molecular weight excluding hydrogens is 615 g/mol. The van der Waals surface area contributed by atoms with Crippen LogP contribution in [0.15, 0.2) is 120 Å². The summed E-state index contributed by atoms with van der Waals surface area (Å²) in [5.41, 5.74) is 9.86. The third-order valence-electron chi connectivity index (χ3n) is 10.9. The maximum absolute atomic E-state index is 13.6. The fourth-order valence-corrected chi connectivity index (χ4v) is 8.64. The van der Waals surface area contributed by atoms with Crippen molar-refractivity contribution in [2.75, 3.05) is 26.0 Å². The van der Waals surface area contributed by atoms with E-state index in [9.17, 15) is 4.79 Å². The molecule has 5 heteroatoms. The fourth-order valence-electron chi connectivity index (χ4n) is 8.64. The minimum Gasteiger partial charge on any atom is -0.443 e. The topological polar surface area (TPSA) is 35.8 Å². The van der Waals surface area contributed by atoms with E-state index in [2.05, 4.69) is 148 Å². The van der Waals surface area contributed by atoms with Gasteiger partial charge in [-0.25, -0.2) is 4.79 Å². The number of benzene rings is 4. The van der Waals surface area contributed by atoms with Crippen LogP contribution in [0.1, 0.15) is 72.4 Å². The van der Waals surface area contributed by atoms with Crippen LogP contribution >= 0.6 is 0 Å². The molecule has 0 N–H and O–H groups in total. The number of anilines is 1. The molecule has 0 radical (unpaired) electrons. The first-order chi connectivity index (χ1) is 23.6. The van der Waals surface area contributed by atoms with E-state index in [1.54, 1.807) is 4.90 Å². The predicted molar refractivity (Wildman–Crippen MR) is 209 cm³/mol. The highest BCUT2D eigenvalue weighted by Crippen LogP contribution is 2.50. The number of ether oxygens (including phenoxy) is 1. The van der Waals surface area contributed by atoms with E-state index >= 15 is 0 Å². The predicted octanol–water partition coefficient (Wildman–Crippen LogP) is 10.7. The molecule has 2 aliphatic heterocycles. The van der Waals surface area contributed by atoms with Crippen LogP contribution in [0.4, 0.5) is 16.2 Å². The van der Waals surface area contributed by atoms with Gasteiger partial charge in [0.25, 0.3) is 0 Å². The molecule has 5 nitrogen and oxygen atoms in total. The summed E-state index contributed by atoms with van der Waals surface area (Å²) in [6.07, 6.45) is 10.3. The highest BCUT2D eigenvalue weighted by molar-refractivity contribution is 6.07. The van der Waals surface area contributed by atoms with E-state index in [0.29, 0.717) is 0 Å². The third kappa shape index (κ3) is 5.39. The number of allylic oxidation sites excluding steroid dienone is 7. The van der Waals surface area contributed by atoms with E-state index in [1.807, 2.05) is 27.8 Å². The number of carbonyl (C=O) groups is 1. The number of nitrogens with zero attached hydrogens (tertiary/aromatic N) is 3. The molecule has 0 bridgehead atoms. The summed E-state index contributed by atoms with van der Waals surface area (Å²) in [6.45, 7) is 15.0. The van der Waals surface area contributed by atoms with Gasteiger partial charge < -0.3 is 9.64 Å². The van der Waals surface area contributed by atoms with Crippen LogP contribution < -0.4 is 4.90 Å². The fraction of sp³-hybridized carbons (Fsp3) is 0.333. The molecule has 0 atom stereocenters. The highest BCUT2D eigenvalue weighted by Gasteiger charge is 2.44. The second kappa shape index (κ2) is 11.9. The van der Waals surface area contributed by atoms with Crippen LogP contribution in [-0.4, -0.2) is 48.0 Å². The summed E-state index contributed by atoms with van der Waals surface area (Å²) in [7, 11) is 6.17. The zero-order chi connectivity index (χ0) is 35.7. The maximum atomic E-state index is 13.6. The molecule has 0 saturated heterocycles. The van der Waals surface area contributed by atoms with Crippen molar-refractivity contribution >= 4 is 44.7 Å². The lowest BCUT2D eigenvalue weighted by atomic mass is 9.79. The Labute approximate surface area is 297 Å². The quantitative estimate of drug-likeness (QED) is 0.204. The van der Waals surface area contributed by atoms with Gasteiger partial charge in [0.1, 0.15) is 12.6 Å². The lowest BCUT2D eigenvalue weighted by Crippen LogP contribution is -2.34.